The molecule has 0 aromatic heterocycles. The van der Waals surface area contributed by atoms with Crippen molar-refractivity contribution in [3.05, 3.63) is 23.5 Å². The summed E-state index contributed by atoms with van der Waals surface area (Å²) in [6, 6.07) is 1.84. The second-order valence-electron chi connectivity index (χ2n) is 5.62. The third-order valence-corrected chi connectivity index (χ3v) is 3.09. The van der Waals surface area contributed by atoms with Crippen molar-refractivity contribution in [3.8, 4) is 6.07 Å². The van der Waals surface area contributed by atoms with Crippen LogP contribution in [-0.4, -0.2) is 39.1 Å². The number of methoxy groups -OCH3 is 1. The molecule has 0 spiro atoms. The number of allylic oxidation sites excluding steroid dienone is 3. The minimum atomic E-state index is -3.67. The Morgan fingerprint density at radius 1 is 1.27 bits per heavy atom. The van der Waals surface area contributed by atoms with Gasteiger partial charge >= 0.3 is 0 Å². The van der Waals surface area contributed by atoms with E-state index in [9.17, 15) is 18.5 Å². The largest absolute Gasteiger partial charge is 0.493 e. The number of nitriles is 1. The fraction of sp³-hybridized carbons (Fsp3) is 0.429. The van der Waals surface area contributed by atoms with Crippen molar-refractivity contribution in [1.82, 2.24) is 0 Å². The number of carbonyl (C=O) groups is 1. The van der Waals surface area contributed by atoms with Gasteiger partial charge in [0.05, 0.1) is 19.1 Å². The topological polar surface area (TPSA) is 109 Å². The van der Waals surface area contributed by atoms with Crippen LogP contribution in [0.4, 0.5) is 0 Å². The third-order valence-electron chi connectivity index (χ3n) is 2.56. The molecule has 0 radical (unpaired) electrons. The normalized spacial score (nSPS) is 19.5. The molecule has 1 rings (SSSR count). The fourth-order valence-electron chi connectivity index (χ4n) is 1.50. The van der Waals surface area contributed by atoms with E-state index in [2.05, 4.69) is 9.39 Å². The van der Waals surface area contributed by atoms with E-state index in [0.29, 0.717) is 0 Å². The van der Waals surface area contributed by atoms with Crippen LogP contribution >= 0.6 is 0 Å². The van der Waals surface area contributed by atoms with Gasteiger partial charge in [-0.05, 0) is 12.2 Å². The van der Waals surface area contributed by atoms with Crippen LogP contribution in [0.15, 0.2) is 32.9 Å². The lowest BCUT2D eigenvalue weighted by Gasteiger charge is -2.17. The quantitative estimate of drug-likeness (QED) is 0.713. The lowest BCUT2D eigenvalue weighted by molar-refractivity contribution is -0.124. The molecule has 0 heterocycles. The Morgan fingerprint density at radius 2 is 1.82 bits per heavy atom. The molecule has 0 saturated heterocycles. The van der Waals surface area contributed by atoms with Crippen LogP contribution in [-0.2, 0) is 19.6 Å². The molecule has 0 aromatic carbocycles. The van der Waals surface area contributed by atoms with Gasteiger partial charge < -0.3 is 4.74 Å². The van der Waals surface area contributed by atoms with E-state index < -0.39 is 15.4 Å². The summed E-state index contributed by atoms with van der Waals surface area (Å²) < 4.78 is 31.1. The molecule has 8 heteroatoms. The highest BCUT2D eigenvalue weighted by Gasteiger charge is 2.26. The average molecular weight is 323 g/mol. The van der Waals surface area contributed by atoms with Crippen LogP contribution in [0.1, 0.15) is 20.8 Å². The standard InChI is InChI=1S/C14H17N3O4S/c1-14(2,3)13(18)16-11-7-6-10(17-22(5,19)20)9(8-15)12(11)21-4/h6-7H,1-5H3/b16-11?,17-10-. The predicted octanol–water partition coefficient (Wildman–Crippen LogP) is 1.39. The van der Waals surface area contributed by atoms with Gasteiger partial charge in [0.25, 0.3) is 15.9 Å². The molecule has 1 aliphatic rings. The van der Waals surface area contributed by atoms with E-state index in [1.54, 1.807) is 20.8 Å². The number of hydrogen-bond acceptors (Lipinski definition) is 5. The van der Waals surface area contributed by atoms with Gasteiger partial charge in [0.1, 0.15) is 17.4 Å². The van der Waals surface area contributed by atoms with Gasteiger partial charge in [-0.3, -0.25) is 4.79 Å². The number of carbonyl (C=O) groups excluding carboxylic acids is 1. The van der Waals surface area contributed by atoms with Gasteiger partial charge in [0.2, 0.25) is 0 Å². The van der Waals surface area contributed by atoms with Gasteiger partial charge in [-0.15, -0.1) is 0 Å². The summed E-state index contributed by atoms with van der Waals surface area (Å²) in [5, 5.41) is 9.23. The van der Waals surface area contributed by atoms with Gasteiger partial charge in [-0.1, -0.05) is 20.8 Å². The Labute approximate surface area is 129 Å². The van der Waals surface area contributed by atoms with Crippen molar-refractivity contribution in [1.29, 1.82) is 5.26 Å². The van der Waals surface area contributed by atoms with Crippen molar-refractivity contribution in [2.24, 2.45) is 14.8 Å². The molecule has 0 N–H and O–H groups in total. The molecule has 1 amide bonds. The smallest absolute Gasteiger partial charge is 0.251 e. The molecule has 22 heavy (non-hydrogen) atoms. The first-order valence-electron chi connectivity index (χ1n) is 6.30. The number of amides is 1. The van der Waals surface area contributed by atoms with E-state index in [0.717, 1.165) is 6.26 Å². The van der Waals surface area contributed by atoms with Crippen molar-refractivity contribution in [2.75, 3.05) is 13.4 Å². The Balaban J connectivity index is 3.47. The average Bonchev–Trinajstić information content (AvgIpc) is 2.36. The van der Waals surface area contributed by atoms with Crippen LogP contribution in [0.5, 0.6) is 0 Å². The molecule has 0 atom stereocenters. The van der Waals surface area contributed by atoms with Gasteiger partial charge in [0.15, 0.2) is 5.76 Å². The maximum absolute atomic E-state index is 12.0. The molecule has 0 unspecified atom stereocenters. The molecular formula is C14H17N3O4S. The van der Waals surface area contributed by atoms with Crippen LogP contribution < -0.4 is 0 Å². The molecule has 0 bridgehead atoms. The fourth-order valence-corrected chi connectivity index (χ4v) is 2.01. The second-order valence-corrected chi connectivity index (χ2v) is 7.26. The lowest BCUT2D eigenvalue weighted by Crippen LogP contribution is -2.22. The number of aliphatic imine (C=N–C) groups is 1. The highest BCUT2D eigenvalue weighted by Crippen LogP contribution is 2.21. The van der Waals surface area contributed by atoms with Crippen LogP contribution in [0.3, 0.4) is 0 Å². The lowest BCUT2D eigenvalue weighted by atomic mass is 9.95. The molecule has 1 aliphatic carbocycles. The summed E-state index contributed by atoms with van der Waals surface area (Å²) in [5.41, 5.74) is -0.667. The summed E-state index contributed by atoms with van der Waals surface area (Å²) in [4.78, 5) is 15.9. The molecule has 7 nitrogen and oxygen atoms in total. The molecule has 0 aromatic rings. The molecular weight excluding hydrogens is 306 g/mol. The van der Waals surface area contributed by atoms with Crippen LogP contribution in [0, 0.1) is 16.7 Å². The zero-order valence-electron chi connectivity index (χ0n) is 13.0. The molecule has 118 valence electrons. The molecule has 0 fully saturated rings. The zero-order valence-corrected chi connectivity index (χ0v) is 13.9. The van der Waals surface area contributed by atoms with Crippen molar-refractivity contribution < 1.29 is 17.9 Å². The third kappa shape index (κ3) is 4.36. The SMILES string of the molecule is COC1=C(C#N)/C(=N\S(C)(=O)=O)C=CC1=NC(=O)C(C)(C)C. The van der Waals surface area contributed by atoms with E-state index >= 15 is 0 Å². The Morgan fingerprint density at radius 3 is 2.23 bits per heavy atom. The predicted molar refractivity (Wildman–Crippen MR) is 83.0 cm³/mol. The highest BCUT2D eigenvalue weighted by molar-refractivity contribution is 7.89. The summed E-state index contributed by atoms with van der Waals surface area (Å²) in [6.07, 6.45) is 3.63. The zero-order chi connectivity index (χ0) is 17.1. The van der Waals surface area contributed by atoms with E-state index in [1.165, 1.54) is 19.3 Å². The number of sulfonamides is 1. The summed E-state index contributed by atoms with van der Waals surface area (Å²) >= 11 is 0. The Bertz CT molecular complexity index is 757. The summed E-state index contributed by atoms with van der Waals surface area (Å²) in [6.45, 7) is 5.14. The van der Waals surface area contributed by atoms with Crippen LogP contribution in [0.2, 0.25) is 0 Å². The van der Waals surface area contributed by atoms with E-state index in [1.807, 2.05) is 6.07 Å². The maximum atomic E-state index is 12.0. The molecule has 0 saturated carbocycles. The first-order valence-corrected chi connectivity index (χ1v) is 8.14. The Hall–Kier alpha value is -2.27. The van der Waals surface area contributed by atoms with Gasteiger partial charge in [-0.2, -0.15) is 9.66 Å². The first-order chi connectivity index (χ1) is 9.99. The van der Waals surface area contributed by atoms with Gasteiger partial charge in [-0.25, -0.2) is 13.4 Å². The molecule has 0 aliphatic heterocycles. The van der Waals surface area contributed by atoms with Gasteiger partial charge in [0, 0.05) is 5.41 Å². The number of rotatable bonds is 2. The minimum Gasteiger partial charge on any atom is -0.493 e. The summed E-state index contributed by atoms with van der Waals surface area (Å²) in [5.74, 6) is -0.368. The summed E-state index contributed by atoms with van der Waals surface area (Å²) in [7, 11) is -2.37. The highest BCUT2D eigenvalue weighted by atomic mass is 32.2. The first kappa shape index (κ1) is 17.8. The van der Waals surface area contributed by atoms with Crippen molar-refractivity contribution in [3.63, 3.8) is 0 Å². The van der Waals surface area contributed by atoms with Crippen molar-refractivity contribution >= 4 is 27.4 Å². The maximum Gasteiger partial charge on any atom is 0.251 e. The minimum absolute atomic E-state index is 0.0185. The number of hydrogen-bond donors (Lipinski definition) is 0. The van der Waals surface area contributed by atoms with Crippen LogP contribution in [0.25, 0.3) is 0 Å². The number of nitrogens with zero attached hydrogens (tertiary/aromatic N) is 3. The van der Waals surface area contributed by atoms with E-state index in [-0.39, 0.29) is 28.7 Å². The van der Waals surface area contributed by atoms with E-state index in [4.69, 9.17) is 4.74 Å². The second kappa shape index (κ2) is 6.23. The number of ether oxygens (including phenoxy) is 1. The van der Waals surface area contributed by atoms with Crippen molar-refractivity contribution in [2.45, 2.75) is 20.8 Å². The Kier molecular flexibility index (Phi) is 5.04. The monoisotopic (exact) mass is 323 g/mol.